The second kappa shape index (κ2) is 19.5. The van der Waals surface area contributed by atoms with Crippen LogP contribution in [0.15, 0.2) is 11.6 Å². The maximum Gasteiger partial charge on any atom is 0.0676 e. The van der Waals surface area contributed by atoms with Gasteiger partial charge in [0.2, 0.25) is 0 Å². The summed E-state index contributed by atoms with van der Waals surface area (Å²) in [4.78, 5) is 0. The van der Waals surface area contributed by atoms with Gasteiger partial charge in [0, 0.05) is 6.61 Å². The quantitative estimate of drug-likeness (QED) is 0.164. The van der Waals surface area contributed by atoms with Gasteiger partial charge in [-0.1, -0.05) is 109 Å². The Balaban J connectivity index is 1.66. The fourth-order valence-electron chi connectivity index (χ4n) is 3.99. The van der Waals surface area contributed by atoms with Gasteiger partial charge in [-0.05, 0) is 37.7 Å². The Labute approximate surface area is 165 Å². The molecule has 26 heavy (non-hydrogen) atoms. The van der Waals surface area contributed by atoms with Gasteiger partial charge >= 0.3 is 0 Å². The van der Waals surface area contributed by atoms with E-state index in [1.807, 2.05) is 0 Å². The van der Waals surface area contributed by atoms with Crippen molar-refractivity contribution in [3.8, 4) is 0 Å². The van der Waals surface area contributed by atoms with Crippen LogP contribution in [-0.4, -0.2) is 13.2 Å². The molecule has 0 spiro atoms. The Bertz CT molecular complexity index is 307. The zero-order valence-electron chi connectivity index (χ0n) is 18.0. The molecule has 0 N–H and O–H groups in total. The topological polar surface area (TPSA) is 9.23 Å². The molecule has 0 heterocycles. The fourth-order valence-corrected chi connectivity index (χ4v) is 3.99. The number of unbranched alkanes of at least 4 members (excludes halogenated alkanes) is 15. The van der Waals surface area contributed by atoms with Gasteiger partial charge in [-0.15, -0.1) is 0 Å². The molecular formula is C25H48O. The van der Waals surface area contributed by atoms with Crippen molar-refractivity contribution in [1.29, 1.82) is 0 Å². The first-order valence-corrected chi connectivity index (χ1v) is 12.2. The van der Waals surface area contributed by atoms with Crippen LogP contribution in [0.1, 0.15) is 135 Å². The van der Waals surface area contributed by atoms with Crippen molar-refractivity contribution in [1.82, 2.24) is 0 Å². The summed E-state index contributed by atoms with van der Waals surface area (Å²) in [6.07, 6.45) is 30.6. The van der Waals surface area contributed by atoms with E-state index in [0.29, 0.717) is 0 Å². The summed E-state index contributed by atoms with van der Waals surface area (Å²) in [6, 6.07) is 0. The van der Waals surface area contributed by atoms with E-state index in [-0.39, 0.29) is 0 Å². The first kappa shape index (κ1) is 23.7. The number of hydrogen-bond acceptors (Lipinski definition) is 1. The Hall–Kier alpha value is -0.300. The zero-order valence-corrected chi connectivity index (χ0v) is 18.0. The lowest BCUT2D eigenvalue weighted by Crippen LogP contribution is -2.03. The molecule has 0 radical (unpaired) electrons. The molecule has 1 aliphatic rings. The van der Waals surface area contributed by atoms with Crippen molar-refractivity contribution in [2.24, 2.45) is 0 Å². The van der Waals surface area contributed by atoms with Crippen molar-refractivity contribution in [2.75, 3.05) is 13.2 Å². The Morgan fingerprint density at radius 2 is 1.15 bits per heavy atom. The van der Waals surface area contributed by atoms with Gasteiger partial charge in [-0.3, -0.25) is 0 Å². The van der Waals surface area contributed by atoms with Crippen molar-refractivity contribution >= 4 is 0 Å². The summed E-state index contributed by atoms with van der Waals surface area (Å²) in [6.45, 7) is 4.17. The third-order valence-electron chi connectivity index (χ3n) is 5.81. The maximum atomic E-state index is 5.82. The van der Waals surface area contributed by atoms with Crippen molar-refractivity contribution < 1.29 is 4.74 Å². The third-order valence-corrected chi connectivity index (χ3v) is 5.81. The highest BCUT2D eigenvalue weighted by atomic mass is 16.5. The van der Waals surface area contributed by atoms with Crippen molar-refractivity contribution in [2.45, 2.75) is 135 Å². The van der Waals surface area contributed by atoms with Crippen LogP contribution < -0.4 is 0 Å². The summed E-state index contributed by atoms with van der Waals surface area (Å²) >= 11 is 0. The second-order valence-corrected chi connectivity index (χ2v) is 8.46. The Kier molecular flexibility index (Phi) is 17.8. The maximum absolute atomic E-state index is 5.82. The highest BCUT2D eigenvalue weighted by molar-refractivity contribution is 5.05. The average Bonchev–Trinajstić information content (AvgIpc) is 2.68. The van der Waals surface area contributed by atoms with E-state index in [1.165, 1.54) is 128 Å². The van der Waals surface area contributed by atoms with Crippen LogP contribution in [0.4, 0.5) is 0 Å². The van der Waals surface area contributed by atoms with E-state index in [4.69, 9.17) is 4.74 Å². The highest BCUT2D eigenvalue weighted by Gasteiger charge is 2.03. The molecule has 0 amide bonds. The van der Waals surface area contributed by atoms with E-state index in [2.05, 4.69) is 13.0 Å². The minimum Gasteiger partial charge on any atom is -0.377 e. The van der Waals surface area contributed by atoms with E-state index >= 15 is 0 Å². The lowest BCUT2D eigenvalue weighted by atomic mass is 10.0. The molecule has 1 heteroatoms. The van der Waals surface area contributed by atoms with Gasteiger partial charge in [0.15, 0.2) is 0 Å². The van der Waals surface area contributed by atoms with Crippen LogP contribution in [-0.2, 0) is 4.74 Å². The highest BCUT2D eigenvalue weighted by Crippen LogP contribution is 2.17. The molecule has 0 aliphatic heterocycles. The minimum absolute atomic E-state index is 0.902. The fraction of sp³-hybridized carbons (Fsp3) is 0.920. The molecular weight excluding hydrogens is 316 g/mol. The van der Waals surface area contributed by atoms with Gasteiger partial charge in [0.25, 0.3) is 0 Å². The van der Waals surface area contributed by atoms with E-state index in [9.17, 15) is 0 Å². The van der Waals surface area contributed by atoms with Crippen LogP contribution >= 0.6 is 0 Å². The summed E-state index contributed by atoms with van der Waals surface area (Å²) in [5.74, 6) is 0. The summed E-state index contributed by atoms with van der Waals surface area (Å²) in [7, 11) is 0. The van der Waals surface area contributed by atoms with Crippen LogP contribution in [0, 0.1) is 0 Å². The molecule has 0 unspecified atom stereocenters. The van der Waals surface area contributed by atoms with Crippen LogP contribution in [0.25, 0.3) is 0 Å². The third kappa shape index (κ3) is 15.9. The van der Waals surface area contributed by atoms with Crippen LogP contribution in [0.3, 0.4) is 0 Å². The van der Waals surface area contributed by atoms with Gasteiger partial charge < -0.3 is 4.74 Å². The lowest BCUT2D eigenvalue weighted by molar-refractivity contribution is 0.148. The molecule has 0 bridgehead atoms. The standard InChI is InChI=1S/C25H48O/c1-2-3-4-5-6-7-8-9-10-11-12-13-14-15-16-20-23-26-24-25-21-18-17-19-22-25/h21H,2-20,22-24H2,1H3. The predicted octanol–water partition coefficient (Wildman–Crippen LogP) is 8.76. The Morgan fingerprint density at radius 3 is 1.62 bits per heavy atom. The first-order chi connectivity index (χ1) is 12.9. The van der Waals surface area contributed by atoms with Gasteiger partial charge in [-0.2, -0.15) is 0 Å². The largest absolute Gasteiger partial charge is 0.377 e. The molecule has 1 aliphatic carbocycles. The molecule has 154 valence electrons. The van der Waals surface area contributed by atoms with Gasteiger partial charge in [-0.25, -0.2) is 0 Å². The Morgan fingerprint density at radius 1 is 0.654 bits per heavy atom. The van der Waals surface area contributed by atoms with Crippen molar-refractivity contribution in [3.63, 3.8) is 0 Å². The molecule has 1 nitrogen and oxygen atoms in total. The lowest BCUT2D eigenvalue weighted by Gasteiger charge is -2.12. The SMILES string of the molecule is CCCCCCCCCCCCCCCCCCOCC1=CCCCC1. The first-order valence-electron chi connectivity index (χ1n) is 12.2. The van der Waals surface area contributed by atoms with Gasteiger partial charge in [0.05, 0.1) is 6.61 Å². The molecule has 0 fully saturated rings. The smallest absolute Gasteiger partial charge is 0.0676 e. The average molecular weight is 365 g/mol. The monoisotopic (exact) mass is 364 g/mol. The minimum atomic E-state index is 0.902. The van der Waals surface area contributed by atoms with E-state index in [1.54, 1.807) is 5.57 Å². The van der Waals surface area contributed by atoms with E-state index < -0.39 is 0 Å². The number of ether oxygens (including phenoxy) is 1. The summed E-state index contributed by atoms with van der Waals surface area (Å²) in [5.41, 5.74) is 1.55. The van der Waals surface area contributed by atoms with Gasteiger partial charge in [0.1, 0.15) is 0 Å². The molecule has 1 rings (SSSR count). The van der Waals surface area contributed by atoms with Crippen LogP contribution in [0.5, 0.6) is 0 Å². The molecule has 0 aromatic carbocycles. The number of rotatable bonds is 19. The molecule has 0 saturated heterocycles. The summed E-state index contributed by atoms with van der Waals surface area (Å²) < 4.78 is 5.82. The molecule has 0 aromatic heterocycles. The summed E-state index contributed by atoms with van der Waals surface area (Å²) in [5, 5.41) is 0. The van der Waals surface area contributed by atoms with E-state index in [0.717, 1.165) is 13.2 Å². The van der Waals surface area contributed by atoms with Crippen LogP contribution in [0.2, 0.25) is 0 Å². The second-order valence-electron chi connectivity index (χ2n) is 8.46. The molecule has 0 saturated carbocycles. The normalized spacial score (nSPS) is 14.6. The van der Waals surface area contributed by atoms with Crippen molar-refractivity contribution in [3.05, 3.63) is 11.6 Å². The molecule has 0 aromatic rings. The zero-order chi connectivity index (χ0) is 18.5. The number of hydrogen-bond donors (Lipinski definition) is 0. The molecule has 0 atom stereocenters. The number of allylic oxidation sites excluding steroid dienone is 1. The predicted molar refractivity (Wildman–Crippen MR) is 117 cm³/mol.